The van der Waals surface area contributed by atoms with Crippen LogP contribution in [0, 0.1) is 0 Å². The summed E-state index contributed by atoms with van der Waals surface area (Å²) in [5.41, 5.74) is 3.88. The minimum Gasteiger partial charge on any atom is -0.497 e. The Morgan fingerprint density at radius 3 is 2.53 bits per heavy atom. The van der Waals surface area contributed by atoms with Crippen LogP contribution in [0.15, 0.2) is 95.0 Å². The first kappa shape index (κ1) is 25.0. The molecule has 1 fully saturated rings. The highest BCUT2D eigenvalue weighted by Crippen LogP contribution is 2.36. The number of amides is 1. The third-order valence-corrected chi connectivity index (χ3v) is 6.94. The lowest BCUT2D eigenvalue weighted by atomic mass is 10.1. The predicted octanol–water partition coefficient (Wildman–Crippen LogP) is 5.87. The molecule has 190 valence electrons. The number of ether oxygens (including phenoxy) is 1. The van der Waals surface area contributed by atoms with E-state index < -0.39 is 5.97 Å². The number of para-hydroxylation sites is 1. The molecule has 1 saturated heterocycles. The Morgan fingerprint density at radius 1 is 1.08 bits per heavy atom. The number of amidine groups is 1. The van der Waals surface area contributed by atoms with Crippen LogP contribution in [-0.2, 0) is 4.79 Å². The Kier molecular flexibility index (Phi) is 7.10. The Labute approximate surface area is 223 Å². The molecule has 2 heterocycles. The van der Waals surface area contributed by atoms with Gasteiger partial charge in [-0.25, -0.2) is 14.5 Å². The van der Waals surface area contributed by atoms with Gasteiger partial charge in [-0.05, 0) is 79.4 Å². The number of hydrogen-bond acceptors (Lipinski definition) is 6. The molecule has 1 aromatic heterocycles. The molecule has 0 unspecified atom stereocenters. The lowest BCUT2D eigenvalue weighted by Gasteiger charge is -2.12. The first-order chi connectivity index (χ1) is 18.5. The standard InChI is InChI=1S/C29H24N4O4S/c1-3-32-27(34)25(38-29(32)30-22-9-7-8-20(16-22)28(35)36)17-21-18-33(23-10-5-4-6-11-23)31-26(21)19-12-14-24(37-2)15-13-19/h4-18H,3H2,1-2H3,(H,35,36)/b25-17-,30-29?. The van der Waals surface area contributed by atoms with Gasteiger partial charge >= 0.3 is 5.97 Å². The number of methoxy groups -OCH3 is 1. The highest BCUT2D eigenvalue weighted by atomic mass is 32.2. The van der Waals surface area contributed by atoms with Gasteiger partial charge in [0, 0.05) is 23.9 Å². The fraction of sp³-hybridized carbons (Fsp3) is 0.103. The summed E-state index contributed by atoms with van der Waals surface area (Å²) >= 11 is 1.25. The van der Waals surface area contributed by atoms with E-state index in [0.717, 1.165) is 28.3 Å². The van der Waals surface area contributed by atoms with E-state index in [4.69, 9.17) is 9.84 Å². The van der Waals surface area contributed by atoms with Crippen LogP contribution >= 0.6 is 11.8 Å². The van der Waals surface area contributed by atoms with E-state index in [1.165, 1.54) is 23.9 Å². The van der Waals surface area contributed by atoms with E-state index in [2.05, 4.69) is 4.99 Å². The van der Waals surface area contributed by atoms with E-state index in [1.807, 2.05) is 73.8 Å². The normalized spacial score (nSPS) is 15.4. The van der Waals surface area contributed by atoms with Crippen molar-refractivity contribution in [1.82, 2.24) is 14.7 Å². The zero-order valence-electron chi connectivity index (χ0n) is 20.7. The molecule has 4 aromatic rings. The van der Waals surface area contributed by atoms with Gasteiger partial charge in [0.15, 0.2) is 5.17 Å². The smallest absolute Gasteiger partial charge is 0.335 e. The lowest BCUT2D eigenvalue weighted by Crippen LogP contribution is -2.28. The average Bonchev–Trinajstić information content (AvgIpc) is 3.49. The highest BCUT2D eigenvalue weighted by Gasteiger charge is 2.32. The maximum atomic E-state index is 13.3. The van der Waals surface area contributed by atoms with Crippen molar-refractivity contribution < 1.29 is 19.4 Å². The molecule has 0 saturated carbocycles. The monoisotopic (exact) mass is 524 g/mol. The number of likely N-dealkylation sites (N-methyl/N-ethyl adjacent to an activating group) is 1. The molecule has 0 spiro atoms. The fourth-order valence-electron chi connectivity index (χ4n) is 4.01. The molecule has 38 heavy (non-hydrogen) atoms. The van der Waals surface area contributed by atoms with Crippen molar-refractivity contribution in [3.8, 4) is 22.7 Å². The van der Waals surface area contributed by atoms with Gasteiger partial charge in [-0.1, -0.05) is 24.3 Å². The van der Waals surface area contributed by atoms with Crippen LogP contribution in [0.4, 0.5) is 5.69 Å². The molecular formula is C29H24N4O4S. The van der Waals surface area contributed by atoms with Gasteiger partial charge in [-0.2, -0.15) is 5.10 Å². The summed E-state index contributed by atoms with van der Waals surface area (Å²) in [6.45, 7) is 2.30. The summed E-state index contributed by atoms with van der Waals surface area (Å²) < 4.78 is 7.09. The van der Waals surface area contributed by atoms with E-state index in [0.29, 0.717) is 22.3 Å². The first-order valence-corrected chi connectivity index (χ1v) is 12.7. The zero-order chi connectivity index (χ0) is 26.6. The van der Waals surface area contributed by atoms with Crippen molar-refractivity contribution >= 4 is 40.6 Å². The van der Waals surface area contributed by atoms with Gasteiger partial charge in [-0.15, -0.1) is 0 Å². The molecule has 1 aliphatic heterocycles. The van der Waals surface area contributed by atoms with Crippen molar-refractivity contribution in [3.63, 3.8) is 0 Å². The fourth-order valence-corrected chi connectivity index (χ4v) is 5.06. The van der Waals surface area contributed by atoms with E-state index in [9.17, 15) is 14.7 Å². The number of rotatable bonds is 7. The number of aliphatic imine (C=N–C) groups is 1. The number of carbonyl (C=O) groups excluding carboxylic acids is 1. The van der Waals surface area contributed by atoms with Crippen LogP contribution in [0.2, 0.25) is 0 Å². The van der Waals surface area contributed by atoms with Crippen molar-refractivity contribution in [2.75, 3.05) is 13.7 Å². The minimum absolute atomic E-state index is 0.137. The van der Waals surface area contributed by atoms with Gasteiger partial charge in [0.25, 0.3) is 5.91 Å². The molecule has 8 nitrogen and oxygen atoms in total. The second kappa shape index (κ2) is 10.8. The Hall–Kier alpha value is -4.63. The Bertz CT molecular complexity index is 1560. The molecular weight excluding hydrogens is 500 g/mol. The largest absolute Gasteiger partial charge is 0.497 e. The van der Waals surface area contributed by atoms with Gasteiger partial charge < -0.3 is 9.84 Å². The maximum absolute atomic E-state index is 13.3. The van der Waals surface area contributed by atoms with Gasteiger partial charge in [0.05, 0.1) is 34.6 Å². The number of aromatic carboxylic acids is 1. The van der Waals surface area contributed by atoms with Crippen molar-refractivity contribution in [3.05, 3.63) is 101 Å². The molecule has 1 aliphatic rings. The van der Waals surface area contributed by atoms with Crippen molar-refractivity contribution in [2.24, 2.45) is 4.99 Å². The van der Waals surface area contributed by atoms with Gasteiger partial charge in [-0.3, -0.25) is 9.69 Å². The van der Waals surface area contributed by atoms with Crippen LogP contribution in [0.25, 0.3) is 23.0 Å². The predicted molar refractivity (Wildman–Crippen MR) is 149 cm³/mol. The molecule has 0 bridgehead atoms. The van der Waals surface area contributed by atoms with E-state index >= 15 is 0 Å². The highest BCUT2D eigenvalue weighted by molar-refractivity contribution is 8.18. The number of carboxylic acids is 1. The number of nitrogens with zero attached hydrogens (tertiary/aromatic N) is 4. The summed E-state index contributed by atoms with van der Waals surface area (Å²) in [5.74, 6) is -0.459. The average molecular weight is 525 g/mol. The van der Waals surface area contributed by atoms with Crippen LogP contribution in [-0.4, -0.2) is 50.5 Å². The lowest BCUT2D eigenvalue weighted by molar-refractivity contribution is -0.122. The van der Waals surface area contributed by atoms with E-state index in [1.54, 1.807) is 28.8 Å². The number of aromatic nitrogens is 2. The third-order valence-electron chi connectivity index (χ3n) is 5.94. The van der Waals surface area contributed by atoms with E-state index in [-0.39, 0.29) is 11.5 Å². The third kappa shape index (κ3) is 5.09. The molecule has 9 heteroatoms. The summed E-state index contributed by atoms with van der Waals surface area (Å²) in [6, 6.07) is 23.7. The SMILES string of the molecule is CCN1C(=O)/C(=C/c2cn(-c3ccccc3)nc2-c2ccc(OC)cc2)SC1=Nc1cccc(C(=O)O)c1. The summed E-state index contributed by atoms with van der Waals surface area (Å²) in [7, 11) is 1.62. The summed E-state index contributed by atoms with van der Waals surface area (Å²) in [5, 5.41) is 14.6. The molecule has 1 N–H and O–H groups in total. The summed E-state index contributed by atoms with van der Waals surface area (Å²) in [4.78, 5) is 31.4. The quantitative estimate of drug-likeness (QED) is 0.304. The van der Waals surface area contributed by atoms with Crippen LogP contribution in [0.5, 0.6) is 5.75 Å². The number of benzene rings is 3. The number of hydrogen-bond donors (Lipinski definition) is 1. The number of carbonyl (C=O) groups is 2. The van der Waals surface area contributed by atoms with Crippen molar-refractivity contribution in [2.45, 2.75) is 6.92 Å². The summed E-state index contributed by atoms with van der Waals surface area (Å²) in [6.07, 6.45) is 3.73. The Morgan fingerprint density at radius 2 is 1.84 bits per heavy atom. The topological polar surface area (TPSA) is 97.0 Å². The van der Waals surface area contributed by atoms with Crippen LogP contribution < -0.4 is 4.74 Å². The zero-order valence-corrected chi connectivity index (χ0v) is 21.6. The number of carboxylic acid groups (broad SMARTS) is 1. The second-order valence-electron chi connectivity index (χ2n) is 8.35. The second-order valence-corrected chi connectivity index (χ2v) is 9.36. The molecule has 1 amide bonds. The number of thioether (sulfide) groups is 1. The minimum atomic E-state index is -1.03. The van der Waals surface area contributed by atoms with Crippen LogP contribution in [0.1, 0.15) is 22.8 Å². The molecule has 0 radical (unpaired) electrons. The maximum Gasteiger partial charge on any atom is 0.335 e. The molecule has 3 aromatic carbocycles. The van der Waals surface area contributed by atoms with Crippen molar-refractivity contribution in [1.29, 1.82) is 0 Å². The van der Waals surface area contributed by atoms with Gasteiger partial charge in [0.1, 0.15) is 5.75 Å². The Balaban J connectivity index is 1.56. The molecule has 5 rings (SSSR count). The first-order valence-electron chi connectivity index (χ1n) is 11.9. The van der Waals surface area contributed by atoms with Crippen LogP contribution in [0.3, 0.4) is 0 Å². The van der Waals surface area contributed by atoms with Gasteiger partial charge in [0.2, 0.25) is 0 Å². The molecule has 0 atom stereocenters. The molecule has 0 aliphatic carbocycles.